The third-order valence-electron chi connectivity index (χ3n) is 3.70. The zero-order chi connectivity index (χ0) is 20.3. The van der Waals surface area contributed by atoms with Gasteiger partial charge in [0.25, 0.3) is 0 Å². The fourth-order valence-corrected chi connectivity index (χ4v) is 4.52. The molecule has 0 saturated heterocycles. The summed E-state index contributed by atoms with van der Waals surface area (Å²) >= 11 is 4.32. The molecule has 0 amide bonds. The lowest BCUT2D eigenvalue weighted by Gasteiger charge is -2.16. The zero-order valence-corrected chi connectivity index (χ0v) is 19.9. The Morgan fingerprint density at radius 3 is 1.74 bits per heavy atom. The summed E-state index contributed by atoms with van der Waals surface area (Å²) < 4.78 is 12.7. The zero-order valence-electron chi connectivity index (χ0n) is 15.6. The highest BCUT2D eigenvalue weighted by Crippen LogP contribution is 2.34. The molecule has 0 aromatic heterocycles. The summed E-state index contributed by atoms with van der Waals surface area (Å²) in [5.41, 5.74) is 4.17. The number of aryl methyl sites for hydroxylation is 2. The second-order valence-corrected chi connectivity index (χ2v) is 8.73. The van der Waals surface area contributed by atoms with E-state index in [4.69, 9.17) is 9.47 Å². The predicted octanol–water partition coefficient (Wildman–Crippen LogP) is 5.51. The highest BCUT2D eigenvalue weighted by molar-refractivity contribution is 14.1. The van der Waals surface area contributed by atoms with Crippen molar-refractivity contribution in [3.63, 3.8) is 0 Å². The van der Waals surface area contributed by atoms with Gasteiger partial charge in [0.1, 0.15) is 11.5 Å². The minimum absolute atomic E-state index is 0.336. The molecule has 0 spiro atoms. The molecule has 0 aliphatic carbocycles. The molecule has 2 rings (SSSR count). The molecule has 142 valence electrons. The van der Waals surface area contributed by atoms with E-state index in [1.807, 2.05) is 38.1 Å². The number of ether oxygens (including phenoxy) is 2. The van der Waals surface area contributed by atoms with Gasteiger partial charge in [0, 0.05) is 30.0 Å². The molecule has 0 bridgehead atoms. The van der Waals surface area contributed by atoms with E-state index in [-0.39, 0.29) is 5.97 Å². The number of benzene rings is 2. The van der Waals surface area contributed by atoms with E-state index in [1.54, 1.807) is 6.92 Å². The minimum atomic E-state index is -0.461. The van der Waals surface area contributed by atoms with Gasteiger partial charge in [-0.15, -0.1) is 0 Å². The van der Waals surface area contributed by atoms with Gasteiger partial charge in [-0.25, -0.2) is 4.79 Å². The van der Waals surface area contributed by atoms with E-state index < -0.39 is 5.97 Å². The first-order chi connectivity index (χ1) is 12.6. The molecule has 6 heteroatoms. The number of esters is 2. The van der Waals surface area contributed by atoms with Crippen LogP contribution in [0, 0.1) is 21.0 Å². The first-order valence-corrected chi connectivity index (χ1v) is 10.4. The number of hydrogen-bond acceptors (Lipinski definition) is 4. The predicted molar refractivity (Wildman–Crippen MR) is 122 cm³/mol. The van der Waals surface area contributed by atoms with Gasteiger partial charge < -0.3 is 9.47 Å². The minimum Gasteiger partial charge on any atom is -0.425 e. The van der Waals surface area contributed by atoms with Gasteiger partial charge in [0.05, 0.1) is 7.14 Å². The monoisotopic (exact) mass is 590 g/mol. The SMILES string of the molecule is C=C(C)C(=O)Oc1c(I)cc(C)cc1Cc1cc(C)cc(I)c1OC(C)=O. The van der Waals surface area contributed by atoms with Crippen LogP contribution >= 0.6 is 45.2 Å². The van der Waals surface area contributed by atoms with Crippen molar-refractivity contribution in [2.75, 3.05) is 0 Å². The smallest absolute Gasteiger partial charge is 0.338 e. The number of carbonyl (C=O) groups is 2. The van der Waals surface area contributed by atoms with E-state index >= 15 is 0 Å². The largest absolute Gasteiger partial charge is 0.425 e. The van der Waals surface area contributed by atoms with Gasteiger partial charge in [-0.2, -0.15) is 0 Å². The number of carbonyl (C=O) groups excluding carboxylic acids is 2. The lowest BCUT2D eigenvalue weighted by Crippen LogP contribution is -2.12. The Balaban J connectivity index is 2.55. The van der Waals surface area contributed by atoms with Crippen molar-refractivity contribution in [2.24, 2.45) is 0 Å². The molecule has 0 heterocycles. The molecule has 0 fully saturated rings. The van der Waals surface area contributed by atoms with Gasteiger partial charge in [-0.3, -0.25) is 4.79 Å². The highest BCUT2D eigenvalue weighted by atomic mass is 127. The van der Waals surface area contributed by atoms with Crippen molar-refractivity contribution < 1.29 is 19.1 Å². The Morgan fingerprint density at radius 2 is 1.33 bits per heavy atom. The fraction of sp³-hybridized carbons (Fsp3) is 0.238. The van der Waals surface area contributed by atoms with Crippen LogP contribution in [-0.2, 0) is 16.0 Å². The van der Waals surface area contributed by atoms with Gasteiger partial charge >= 0.3 is 11.9 Å². The van der Waals surface area contributed by atoms with Crippen molar-refractivity contribution in [1.82, 2.24) is 0 Å². The molecule has 4 nitrogen and oxygen atoms in total. The molecule has 0 aliphatic rings. The van der Waals surface area contributed by atoms with E-state index in [9.17, 15) is 9.59 Å². The first-order valence-electron chi connectivity index (χ1n) is 8.22. The summed E-state index contributed by atoms with van der Waals surface area (Å²) in [5, 5.41) is 0. The standard InChI is InChI=1S/C21H20I2O4/c1-11(2)21(25)27-20-16(7-13(4)9-18(20)23)10-15-6-12(3)8-17(22)19(15)26-14(5)24/h6-9H,1,10H2,2-5H3. The summed E-state index contributed by atoms with van der Waals surface area (Å²) in [5.74, 6) is 0.227. The first kappa shape index (κ1) is 21.9. The number of rotatable bonds is 5. The highest BCUT2D eigenvalue weighted by Gasteiger charge is 2.18. The summed E-state index contributed by atoms with van der Waals surface area (Å²) in [6.07, 6.45) is 0.469. The van der Waals surface area contributed by atoms with Gasteiger partial charge in [0.2, 0.25) is 0 Å². The van der Waals surface area contributed by atoms with Crippen molar-refractivity contribution in [3.05, 3.63) is 65.8 Å². The van der Waals surface area contributed by atoms with Crippen LogP contribution in [0.5, 0.6) is 11.5 Å². The summed E-state index contributed by atoms with van der Waals surface area (Å²) in [7, 11) is 0. The Hall–Kier alpha value is -1.42. The molecule has 27 heavy (non-hydrogen) atoms. The van der Waals surface area contributed by atoms with Gasteiger partial charge in [0.15, 0.2) is 0 Å². The normalized spacial score (nSPS) is 10.4. The number of hydrogen-bond donors (Lipinski definition) is 0. The summed E-state index contributed by atoms with van der Waals surface area (Å²) in [4.78, 5) is 23.6. The van der Waals surface area contributed by atoms with E-state index in [0.29, 0.717) is 23.5 Å². The maximum atomic E-state index is 12.1. The van der Waals surface area contributed by atoms with Crippen molar-refractivity contribution in [3.8, 4) is 11.5 Å². The van der Waals surface area contributed by atoms with Crippen molar-refractivity contribution >= 4 is 57.1 Å². The van der Waals surface area contributed by atoms with Crippen LogP contribution < -0.4 is 9.47 Å². The Kier molecular flexibility index (Phi) is 7.44. The second kappa shape index (κ2) is 9.18. The second-order valence-electron chi connectivity index (χ2n) is 6.41. The molecule has 0 unspecified atom stereocenters. The molecule has 0 aliphatic heterocycles. The van der Waals surface area contributed by atoms with E-state index in [1.165, 1.54) is 6.92 Å². The molecule has 2 aromatic rings. The third-order valence-corrected chi connectivity index (χ3v) is 5.30. The lowest BCUT2D eigenvalue weighted by atomic mass is 9.99. The van der Waals surface area contributed by atoms with E-state index in [0.717, 1.165) is 29.4 Å². The molecular weight excluding hydrogens is 570 g/mol. The van der Waals surface area contributed by atoms with Crippen molar-refractivity contribution in [1.29, 1.82) is 0 Å². The van der Waals surface area contributed by atoms with Crippen molar-refractivity contribution in [2.45, 2.75) is 34.1 Å². The topological polar surface area (TPSA) is 52.6 Å². The molecule has 0 saturated carbocycles. The molecular formula is C21H20I2O4. The quantitative estimate of drug-likeness (QED) is 0.200. The number of halogens is 2. The van der Waals surface area contributed by atoms with Crippen LogP contribution in [0.4, 0.5) is 0 Å². The van der Waals surface area contributed by atoms with Crippen LogP contribution in [-0.4, -0.2) is 11.9 Å². The third kappa shape index (κ3) is 5.78. The fourth-order valence-electron chi connectivity index (χ4n) is 2.62. The Morgan fingerprint density at radius 1 is 0.889 bits per heavy atom. The van der Waals surface area contributed by atoms with E-state index in [2.05, 4.69) is 51.8 Å². The lowest BCUT2D eigenvalue weighted by molar-refractivity contribution is -0.132. The molecule has 0 radical (unpaired) electrons. The average molecular weight is 590 g/mol. The molecule has 0 N–H and O–H groups in total. The van der Waals surface area contributed by atoms with Crippen LogP contribution in [0.25, 0.3) is 0 Å². The van der Waals surface area contributed by atoms with Crippen LogP contribution in [0.1, 0.15) is 36.1 Å². The summed E-state index contributed by atoms with van der Waals surface area (Å²) in [6.45, 7) is 10.6. The van der Waals surface area contributed by atoms with Gasteiger partial charge in [-0.05, 0) is 89.2 Å². The molecule has 2 aromatic carbocycles. The Labute approximate surface area is 186 Å². The van der Waals surface area contributed by atoms with Crippen LogP contribution in [0.3, 0.4) is 0 Å². The molecule has 0 atom stereocenters. The van der Waals surface area contributed by atoms with Crippen LogP contribution in [0.2, 0.25) is 0 Å². The maximum absolute atomic E-state index is 12.1. The summed E-state index contributed by atoms with van der Waals surface area (Å²) in [6, 6.07) is 7.89. The van der Waals surface area contributed by atoms with Crippen LogP contribution in [0.15, 0.2) is 36.4 Å². The van der Waals surface area contributed by atoms with Gasteiger partial charge in [-0.1, -0.05) is 18.7 Å². The average Bonchev–Trinajstić information content (AvgIpc) is 2.53. The maximum Gasteiger partial charge on any atom is 0.338 e. The Bertz CT molecular complexity index is 932.